The second-order valence-corrected chi connectivity index (χ2v) is 9.15. The van der Waals surface area contributed by atoms with Crippen molar-refractivity contribution in [3.8, 4) is 28.6 Å². The third-order valence-electron chi connectivity index (χ3n) is 6.78. The smallest absolute Gasteiger partial charge is 0.336 e. The van der Waals surface area contributed by atoms with Crippen LogP contribution in [0.1, 0.15) is 36.7 Å². The van der Waals surface area contributed by atoms with E-state index >= 15 is 0 Å². The molecule has 2 aromatic carbocycles. The third-order valence-corrected chi connectivity index (χ3v) is 6.78. The first kappa shape index (κ1) is 27.3. The van der Waals surface area contributed by atoms with E-state index < -0.39 is 16.8 Å². The van der Waals surface area contributed by atoms with Gasteiger partial charge < -0.3 is 28.7 Å². The number of nitrogens with one attached hydrogen (secondary N) is 1. The molecule has 1 aliphatic heterocycles. The number of nitrogens with zero attached hydrogens (tertiary/aromatic N) is 2. The summed E-state index contributed by atoms with van der Waals surface area (Å²) in [5, 5.41) is 23.2. The van der Waals surface area contributed by atoms with Crippen molar-refractivity contribution in [2.75, 3.05) is 20.8 Å². The van der Waals surface area contributed by atoms with Crippen LogP contribution in [-0.2, 0) is 9.53 Å². The molecule has 11 nitrogen and oxygen atoms in total. The highest BCUT2D eigenvalue weighted by atomic mass is 16.6. The summed E-state index contributed by atoms with van der Waals surface area (Å²) in [6.45, 7) is 3.59. The maximum Gasteiger partial charge on any atom is 0.336 e. The summed E-state index contributed by atoms with van der Waals surface area (Å²) >= 11 is 0. The van der Waals surface area contributed by atoms with Crippen molar-refractivity contribution < 1.29 is 33.5 Å². The summed E-state index contributed by atoms with van der Waals surface area (Å²) in [5.41, 5.74) is 2.35. The molecule has 0 amide bonds. The summed E-state index contributed by atoms with van der Waals surface area (Å²) in [5.74, 6) is 0.176. The number of H-pyrrole nitrogens is 1. The van der Waals surface area contributed by atoms with E-state index in [1.54, 1.807) is 68.5 Å². The fourth-order valence-electron chi connectivity index (χ4n) is 4.96. The van der Waals surface area contributed by atoms with Crippen LogP contribution in [0.15, 0.2) is 75.3 Å². The van der Waals surface area contributed by atoms with Crippen LogP contribution in [0.25, 0.3) is 17.4 Å². The Hall–Kier alpha value is -5.32. The van der Waals surface area contributed by atoms with Gasteiger partial charge >= 0.3 is 5.97 Å². The molecule has 41 heavy (non-hydrogen) atoms. The molecule has 0 aliphatic carbocycles. The number of methoxy groups -OCH3 is 2. The van der Waals surface area contributed by atoms with Crippen LogP contribution in [0.3, 0.4) is 0 Å². The van der Waals surface area contributed by atoms with Crippen LogP contribution >= 0.6 is 0 Å². The van der Waals surface area contributed by atoms with E-state index in [2.05, 4.69) is 9.98 Å². The van der Waals surface area contributed by atoms with E-state index in [4.69, 9.17) is 18.6 Å². The maximum absolute atomic E-state index is 13.1. The Kier molecular flexibility index (Phi) is 7.34. The number of allylic oxidation sites excluding steroid dienone is 1. The van der Waals surface area contributed by atoms with Crippen LogP contribution in [0.2, 0.25) is 0 Å². The maximum atomic E-state index is 13.1. The van der Waals surface area contributed by atoms with Crippen molar-refractivity contribution in [2.45, 2.75) is 19.8 Å². The lowest BCUT2D eigenvalue weighted by atomic mass is 9.83. The Morgan fingerprint density at radius 3 is 2.61 bits per heavy atom. The number of aromatic hydroxyl groups is 1. The number of hydrogen-bond acceptors (Lipinski definition) is 9. The molecule has 1 unspecified atom stereocenters. The molecule has 1 atom stereocenters. The first-order chi connectivity index (χ1) is 19.8. The zero-order chi connectivity index (χ0) is 29.3. The zero-order valence-corrected chi connectivity index (χ0v) is 22.8. The summed E-state index contributed by atoms with van der Waals surface area (Å²) in [7, 11) is 3.04. The monoisotopic (exact) mass is 557 g/mol. The van der Waals surface area contributed by atoms with Crippen molar-refractivity contribution in [1.82, 2.24) is 4.98 Å². The normalized spacial score (nSPS) is 14.8. The van der Waals surface area contributed by atoms with Gasteiger partial charge in [-0.1, -0.05) is 18.2 Å². The number of esters is 1. The summed E-state index contributed by atoms with van der Waals surface area (Å²) in [6.07, 6.45) is 1.56. The van der Waals surface area contributed by atoms with Gasteiger partial charge in [0.25, 0.3) is 5.69 Å². The number of rotatable bonds is 8. The zero-order valence-electron chi connectivity index (χ0n) is 22.8. The van der Waals surface area contributed by atoms with Crippen LogP contribution in [-0.4, -0.2) is 41.8 Å². The second-order valence-electron chi connectivity index (χ2n) is 9.15. The second kappa shape index (κ2) is 11.0. The van der Waals surface area contributed by atoms with E-state index in [0.29, 0.717) is 50.9 Å². The fraction of sp³-hybridized carbons (Fsp3) is 0.200. The number of hydrogen-bond donors (Lipinski definition) is 2. The van der Waals surface area contributed by atoms with Gasteiger partial charge in [0, 0.05) is 12.1 Å². The Morgan fingerprint density at radius 1 is 1.15 bits per heavy atom. The van der Waals surface area contributed by atoms with Crippen molar-refractivity contribution in [3.63, 3.8) is 0 Å². The van der Waals surface area contributed by atoms with Gasteiger partial charge in [-0.15, -0.1) is 0 Å². The number of ether oxygens (including phenoxy) is 3. The molecule has 2 N–H and O–H groups in total. The van der Waals surface area contributed by atoms with E-state index in [-0.39, 0.29) is 29.0 Å². The molecule has 0 bridgehead atoms. The molecule has 4 aromatic rings. The Balaban J connectivity index is 1.65. The van der Waals surface area contributed by atoms with E-state index in [0.717, 1.165) is 0 Å². The Morgan fingerprint density at radius 2 is 1.90 bits per heavy atom. The number of nitro benzene ring substituents is 1. The number of para-hydroxylation sites is 1. The largest absolute Gasteiger partial charge is 0.505 e. The highest BCUT2D eigenvalue weighted by Gasteiger charge is 2.35. The molecule has 0 saturated heterocycles. The molecule has 11 heteroatoms. The molecule has 1 aliphatic rings. The topological polar surface area (TPSA) is 149 Å². The predicted molar refractivity (Wildman–Crippen MR) is 148 cm³/mol. The summed E-state index contributed by atoms with van der Waals surface area (Å²) in [4.78, 5) is 31.8. The first-order valence-corrected chi connectivity index (χ1v) is 12.7. The number of aromatic amines is 1. The number of furan rings is 1. The van der Waals surface area contributed by atoms with Crippen LogP contribution < -0.4 is 20.3 Å². The molecule has 0 fully saturated rings. The minimum Gasteiger partial charge on any atom is -0.505 e. The molecular weight excluding hydrogens is 530 g/mol. The van der Waals surface area contributed by atoms with Crippen LogP contribution in [0.4, 0.5) is 5.69 Å². The predicted octanol–water partition coefficient (Wildman–Crippen LogP) is 4.34. The lowest BCUT2D eigenvalue weighted by Gasteiger charge is -2.24. The Bertz CT molecular complexity index is 1820. The molecule has 0 saturated carbocycles. The molecule has 0 spiro atoms. The van der Waals surface area contributed by atoms with Gasteiger partial charge in [-0.25, -0.2) is 9.79 Å². The number of carbonyl (C=O) groups is 1. The van der Waals surface area contributed by atoms with E-state index in [9.17, 15) is 20.0 Å². The lowest BCUT2D eigenvalue weighted by Crippen LogP contribution is -2.26. The lowest BCUT2D eigenvalue weighted by molar-refractivity contribution is -0.384. The minimum absolute atomic E-state index is 0.0869. The number of benzene rings is 2. The van der Waals surface area contributed by atoms with Gasteiger partial charge in [-0.2, -0.15) is 0 Å². The summed E-state index contributed by atoms with van der Waals surface area (Å²) in [6, 6.07) is 14.8. The SMILES string of the molecule is CCOC(=O)C1=C(C)N=c2[nH]c(=Cc3ccc(-c4ccccc4[N+](=O)[O-])o3)c(O)c2C1c1ccc(OC)c(OC)c1. The highest BCUT2D eigenvalue weighted by molar-refractivity contribution is 5.92. The molecular formula is C30H27N3O8. The fourth-order valence-corrected chi connectivity index (χ4v) is 4.96. The quantitative estimate of drug-likeness (QED) is 0.185. The Labute approximate surface area is 234 Å². The number of fused-ring (bicyclic) bond motifs is 1. The molecule has 0 radical (unpaired) electrons. The van der Waals surface area contributed by atoms with Crippen LogP contribution in [0.5, 0.6) is 17.2 Å². The van der Waals surface area contributed by atoms with E-state index in [1.807, 2.05) is 0 Å². The van der Waals surface area contributed by atoms with Crippen molar-refractivity contribution in [3.05, 3.63) is 104 Å². The molecule has 3 heterocycles. The van der Waals surface area contributed by atoms with Gasteiger partial charge in [0.2, 0.25) is 0 Å². The van der Waals surface area contributed by atoms with Crippen molar-refractivity contribution in [1.29, 1.82) is 0 Å². The highest BCUT2D eigenvalue weighted by Crippen LogP contribution is 2.41. The van der Waals surface area contributed by atoms with Gasteiger partial charge in [0.15, 0.2) is 11.5 Å². The van der Waals surface area contributed by atoms with E-state index in [1.165, 1.54) is 20.3 Å². The third kappa shape index (κ3) is 4.93. The van der Waals surface area contributed by atoms with Gasteiger partial charge in [-0.3, -0.25) is 10.1 Å². The average molecular weight is 558 g/mol. The van der Waals surface area contributed by atoms with Gasteiger partial charge in [-0.05, 0) is 49.7 Å². The first-order valence-electron chi connectivity index (χ1n) is 12.7. The number of nitro groups is 1. The van der Waals surface area contributed by atoms with Gasteiger partial charge in [0.1, 0.15) is 22.8 Å². The van der Waals surface area contributed by atoms with Crippen molar-refractivity contribution >= 4 is 17.7 Å². The molecule has 5 rings (SSSR count). The number of aromatic nitrogens is 1. The standard InChI is InChI=1S/C30H27N3O8/c1-5-40-30(35)25-16(2)31-29-27(26(25)17-10-12-23(38-3)24(14-17)39-4)28(34)20(32-29)15-18-11-13-22(41-18)19-8-6-7-9-21(19)33(36)37/h6-15,26,34H,5H2,1-4H3,(H,31,32). The van der Waals surface area contributed by atoms with Crippen molar-refractivity contribution in [2.24, 2.45) is 4.99 Å². The minimum atomic E-state index is -0.737. The molecule has 210 valence electrons. The van der Waals surface area contributed by atoms with Crippen LogP contribution in [0, 0.1) is 10.1 Å². The average Bonchev–Trinajstić information content (AvgIpc) is 3.56. The number of carbonyl (C=O) groups excluding carboxylic acids is 1. The molecule has 2 aromatic heterocycles. The summed E-state index contributed by atoms with van der Waals surface area (Å²) < 4.78 is 22.1. The van der Waals surface area contributed by atoms with Gasteiger partial charge in [0.05, 0.1) is 59.4 Å².